The van der Waals surface area contributed by atoms with Gasteiger partial charge in [0.2, 0.25) is 16.9 Å². The van der Waals surface area contributed by atoms with Gasteiger partial charge in [-0.15, -0.1) is 0 Å². The van der Waals surface area contributed by atoms with Gasteiger partial charge in [-0.3, -0.25) is 9.59 Å². The highest BCUT2D eigenvalue weighted by molar-refractivity contribution is 5.94. The van der Waals surface area contributed by atoms with Crippen molar-refractivity contribution in [1.82, 2.24) is 5.32 Å². The molecule has 3 N–H and O–H groups in total. The Morgan fingerprint density at radius 1 is 1.55 bits per heavy atom. The fourth-order valence-electron chi connectivity index (χ4n) is 1.85. The lowest BCUT2D eigenvalue weighted by atomic mass is 10.2. The lowest BCUT2D eigenvalue weighted by Crippen LogP contribution is -2.42. The van der Waals surface area contributed by atoms with Crippen LogP contribution >= 0.6 is 0 Å². The van der Waals surface area contributed by atoms with Crippen LogP contribution < -0.4 is 21.2 Å². The van der Waals surface area contributed by atoms with Crippen molar-refractivity contribution in [3.8, 4) is 5.75 Å². The van der Waals surface area contributed by atoms with Crippen LogP contribution in [0.1, 0.15) is 43.2 Å². The maximum absolute atomic E-state index is 12.2. The van der Waals surface area contributed by atoms with E-state index < -0.39 is 5.91 Å². The molecule has 1 aromatic heterocycles. The van der Waals surface area contributed by atoms with Crippen LogP contribution in [0.15, 0.2) is 21.5 Å². The number of hydrogen-bond donors (Lipinski definition) is 2. The number of ether oxygens (including phenoxy) is 1. The molecule has 1 heterocycles. The fourth-order valence-corrected chi connectivity index (χ4v) is 1.85. The molecular weight excluding hydrogens is 260 g/mol. The highest BCUT2D eigenvalue weighted by atomic mass is 16.5. The van der Waals surface area contributed by atoms with Gasteiger partial charge in [0.05, 0.1) is 18.4 Å². The number of nitrogens with two attached hydrogens (primary N) is 1. The van der Waals surface area contributed by atoms with E-state index in [9.17, 15) is 9.59 Å². The largest absolute Gasteiger partial charge is 0.486 e. The summed E-state index contributed by atoms with van der Waals surface area (Å²) in [5, 5.41) is 2.81. The minimum atomic E-state index is -0.447. The zero-order chi connectivity index (χ0) is 14.6. The van der Waals surface area contributed by atoms with Gasteiger partial charge in [0.1, 0.15) is 0 Å². The van der Waals surface area contributed by atoms with Crippen LogP contribution in [0.3, 0.4) is 0 Å². The molecule has 20 heavy (non-hydrogen) atoms. The van der Waals surface area contributed by atoms with Crippen molar-refractivity contribution in [2.75, 3.05) is 13.2 Å². The average molecular weight is 280 g/mol. The molecule has 2 rings (SSSR count). The molecule has 1 aromatic rings. The molecule has 110 valence electrons. The normalized spacial score (nSPS) is 15.7. The first-order valence-corrected chi connectivity index (χ1v) is 6.89. The third kappa shape index (κ3) is 3.19. The number of unbranched alkanes of at least 4 members (excludes halogenated alkanes) is 1. The summed E-state index contributed by atoms with van der Waals surface area (Å²) in [7, 11) is 0. The van der Waals surface area contributed by atoms with E-state index in [1.54, 1.807) is 0 Å². The second-order valence-electron chi connectivity index (χ2n) is 5.08. The van der Waals surface area contributed by atoms with E-state index in [-0.39, 0.29) is 22.5 Å². The van der Waals surface area contributed by atoms with E-state index in [2.05, 4.69) is 5.32 Å². The Hall–Kier alpha value is -1.82. The Morgan fingerprint density at radius 3 is 2.90 bits per heavy atom. The van der Waals surface area contributed by atoms with Crippen LogP contribution in [0.25, 0.3) is 0 Å². The Balaban J connectivity index is 2.15. The maximum atomic E-state index is 12.2. The van der Waals surface area contributed by atoms with Gasteiger partial charge in [0.15, 0.2) is 0 Å². The first-order chi connectivity index (χ1) is 9.62. The number of amides is 1. The van der Waals surface area contributed by atoms with Crippen molar-refractivity contribution in [3.05, 3.63) is 28.3 Å². The zero-order valence-electron chi connectivity index (χ0n) is 11.6. The van der Waals surface area contributed by atoms with Crippen LogP contribution in [0.2, 0.25) is 0 Å². The third-order valence-corrected chi connectivity index (χ3v) is 3.41. The first-order valence-electron chi connectivity index (χ1n) is 6.89. The van der Waals surface area contributed by atoms with Crippen molar-refractivity contribution >= 4 is 5.91 Å². The molecule has 0 aliphatic heterocycles. The summed E-state index contributed by atoms with van der Waals surface area (Å²) in [6, 6.07) is 1.24. The molecule has 1 aliphatic carbocycles. The van der Waals surface area contributed by atoms with Crippen LogP contribution in [0, 0.1) is 0 Å². The molecule has 0 saturated heterocycles. The second kappa shape index (κ2) is 6.09. The SMILES string of the molecule is CCCCOc1c(C(=O)NC2(CN)CC2)occc1=O. The molecule has 6 heteroatoms. The summed E-state index contributed by atoms with van der Waals surface area (Å²) in [4.78, 5) is 24.0. The van der Waals surface area contributed by atoms with Gasteiger partial charge in [-0.1, -0.05) is 13.3 Å². The van der Waals surface area contributed by atoms with Gasteiger partial charge in [0, 0.05) is 12.6 Å². The van der Waals surface area contributed by atoms with E-state index in [0.29, 0.717) is 13.2 Å². The fraction of sp³-hybridized carbons (Fsp3) is 0.571. The zero-order valence-corrected chi connectivity index (χ0v) is 11.6. The van der Waals surface area contributed by atoms with Gasteiger partial charge >= 0.3 is 0 Å². The summed E-state index contributed by atoms with van der Waals surface area (Å²) in [6.07, 6.45) is 4.64. The molecule has 0 spiro atoms. The Bertz CT molecular complexity index is 534. The van der Waals surface area contributed by atoms with Crippen LogP contribution in [-0.2, 0) is 0 Å². The lowest BCUT2D eigenvalue weighted by molar-refractivity contribution is 0.0894. The van der Waals surface area contributed by atoms with Crippen LogP contribution in [0.5, 0.6) is 5.75 Å². The lowest BCUT2D eigenvalue weighted by Gasteiger charge is -2.15. The number of carbonyl (C=O) groups is 1. The minimum absolute atomic E-state index is 0.0220. The summed E-state index contributed by atoms with van der Waals surface area (Å²) in [5.74, 6) is -0.545. The highest BCUT2D eigenvalue weighted by Gasteiger charge is 2.43. The predicted octanol–water partition coefficient (Wildman–Crippen LogP) is 1.04. The smallest absolute Gasteiger partial charge is 0.291 e. The molecular formula is C14H20N2O4. The monoisotopic (exact) mass is 280 g/mol. The molecule has 6 nitrogen and oxygen atoms in total. The van der Waals surface area contributed by atoms with Crippen molar-refractivity contribution in [3.63, 3.8) is 0 Å². The number of rotatable bonds is 7. The van der Waals surface area contributed by atoms with Crippen LogP contribution in [0.4, 0.5) is 0 Å². The third-order valence-electron chi connectivity index (χ3n) is 3.41. The van der Waals surface area contributed by atoms with Gasteiger partial charge in [-0.2, -0.15) is 0 Å². The van der Waals surface area contributed by atoms with E-state index >= 15 is 0 Å². The molecule has 1 fully saturated rings. The summed E-state index contributed by atoms with van der Waals surface area (Å²) in [6.45, 7) is 2.78. The summed E-state index contributed by atoms with van der Waals surface area (Å²) < 4.78 is 10.6. The first kappa shape index (κ1) is 14.6. The van der Waals surface area contributed by atoms with E-state index in [1.165, 1.54) is 12.3 Å². The van der Waals surface area contributed by atoms with Crippen LogP contribution in [-0.4, -0.2) is 24.6 Å². The maximum Gasteiger partial charge on any atom is 0.291 e. The number of carbonyl (C=O) groups excluding carboxylic acids is 1. The number of hydrogen-bond acceptors (Lipinski definition) is 5. The van der Waals surface area contributed by atoms with E-state index in [0.717, 1.165) is 25.7 Å². The Labute approximate surface area is 117 Å². The quantitative estimate of drug-likeness (QED) is 0.728. The van der Waals surface area contributed by atoms with Gasteiger partial charge in [-0.25, -0.2) is 0 Å². The molecule has 1 amide bonds. The molecule has 0 unspecified atom stereocenters. The van der Waals surface area contributed by atoms with Crippen molar-refractivity contribution in [2.24, 2.45) is 5.73 Å². The Kier molecular flexibility index (Phi) is 4.44. The second-order valence-corrected chi connectivity index (χ2v) is 5.08. The van der Waals surface area contributed by atoms with Gasteiger partial charge in [-0.05, 0) is 19.3 Å². The van der Waals surface area contributed by atoms with Crippen molar-refractivity contribution in [1.29, 1.82) is 0 Å². The van der Waals surface area contributed by atoms with Crippen molar-refractivity contribution < 1.29 is 13.9 Å². The summed E-state index contributed by atoms with van der Waals surface area (Å²) in [5.41, 5.74) is 4.93. The topological polar surface area (TPSA) is 94.6 Å². The van der Waals surface area contributed by atoms with Gasteiger partial charge < -0.3 is 20.2 Å². The summed E-state index contributed by atoms with van der Waals surface area (Å²) >= 11 is 0. The number of nitrogens with one attached hydrogen (secondary N) is 1. The highest BCUT2D eigenvalue weighted by Crippen LogP contribution is 2.34. The Morgan fingerprint density at radius 2 is 2.30 bits per heavy atom. The van der Waals surface area contributed by atoms with Crippen molar-refractivity contribution in [2.45, 2.75) is 38.1 Å². The molecule has 1 saturated carbocycles. The minimum Gasteiger partial charge on any atom is -0.486 e. The molecule has 1 aliphatic rings. The molecule has 0 aromatic carbocycles. The standard InChI is InChI=1S/C14H20N2O4/c1-2-3-7-19-11-10(17)4-8-20-12(11)13(18)16-14(9-15)5-6-14/h4,8H,2-3,5-7,9,15H2,1H3,(H,16,18). The van der Waals surface area contributed by atoms with E-state index in [4.69, 9.17) is 14.9 Å². The molecule has 0 bridgehead atoms. The predicted molar refractivity (Wildman–Crippen MR) is 73.9 cm³/mol. The molecule has 0 atom stereocenters. The van der Waals surface area contributed by atoms with E-state index in [1.807, 2.05) is 6.92 Å². The molecule has 0 radical (unpaired) electrons. The average Bonchev–Trinajstić information content (AvgIpc) is 3.21. The van der Waals surface area contributed by atoms with Gasteiger partial charge in [0.25, 0.3) is 5.91 Å².